The minimum atomic E-state index is -0.192. The van der Waals surface area contributed by atoms with E-state index in [9.17, 15) is 4.79 Å². The highest BCUT2D eigenvalue weighted by Crippen LogP contribution is 2.41. The predicted molar refractivity (Wildman–Crippen MR) is 123 cm³/mol. The Morgan fingerprint density at radius 3 is 2.57 bits per heavy atom. The van der Waals surface area contributed by atoms with E-state index in [4.69, 9.17) is 0 Å². The molecule has 1 N–H and O–H groups in total. The van der Waals surface area contributed by atoms with Gasteiger partial charge in [0.05, 0.1) is 5.39 Å². The zero-order valence-electron chi connectivity index (χ0n) is 16.7. The average molecular weight is 514 g/mol. The number of fused-ring (bicyclic) bond motifs is 2. The standard InChI is InChI=1S/C19H27IN6OS/c1-19(2,3)23-18(27)25-9-12-7-14(8-13(12)10-25)24(4)16-15-5-6-26(28-20)17(15)22-11-21-16/h5-6,11-14H,7-10H2,1-4H3,(H,23,27)/t12-,13+,14?. The van der Waals surface area contributed by atoms with E-state index in [1.165, 1.54) is 0 Å². The van der Waals surface area contributed by atoms with Gasteiger partial charge in [0, 0.05) is 68.2 Å². The summed E-state index contributed by atoms with van der Waals surface area (Å²) >= 11 is 2.27. The maximum Gasteiger partial charge on any atom is 0.317 e. The summed E-state index contributed by atoms with van der Waals surface area (Å²) in [5.41, 5.74) is 0.766. The number of amides is 2. The summed E-state index contributed by atoms with van der Waals surface area (Å²) in [5.74, 6) is 2.15. The summed E-state index contributed by atoms with van der Waals surface area (Å²) in [7, 11) is 3.76. The topological polar surface area (TPSA) is 66.3 Å². The van der Waals surface area contributed by atoms with Gasteiger partial charge in [-0.15, -0.1) is 0 Å². The van der Waals surface area contributed by atoms with Crippen molar-refractivity contribution < 1.29 is 4.79 Å². The van der Waals surface area contributed by atoms with Crippen LogP contribution in [0.5, 0.6) is 0 Å². The van der Waals surface area contributed by atoms with E-state index in [1.807, 2.05) is 31.9 Å². The van der Waals surface area contributed by atoms with Crippen LogP contribution in [0.4, 0.5) is 10.6 Å². The number of likely N-dealkylation sites (tertiary alicyclic amines) is 1. The van der Waals surface area contributed by atoms with Crippen molar-refractivity contribution >= 4 is 53.2 Å². The molecule has 0 radical (unpaired) electrons. The Labute approximate surface area is 182 Å². The smallest absolute Gasteiger partial charge is 0.317 e. The second-order valence-corrected chi connectivity index (χ2v) is 10.7. The van der Waals surface area contributed by atoms with Crippen LogP contribution in [0.3, 0.4) is 0 Å². The van der Waals surface area contributed by atoms with Crippen molar-refractivity contribution in [1.29, 1.82) is 0 Å². The zero-order valence-corrected chi connectivity index (χ0v) is 19.7. The molecule has 9 heteroatoms. The maximum absolute atomic E-state index is 12.5. The average Bonchev–Trinajstić information content (AvgIpc) is 3.31. The summed E-state index contributed by atoms with van der Waals surface area (Å²) < 4.78 is 2.06. The third-order valence-corrected chi connectivity index (χ3v) is 7.60. The van der Waals surface area contributed by atoms with E-state index in [1.54, 1.807) is 15.4 Å². The van der Waals surface area contributed by atoms with E-state index >= 15 is 0 Å². The summed E-state index contributed by atoms with van der Waals surface area (Å²) in [4.78, 5) is 25.8. The van der Waals surface area contributed by atoms with Gasteiger partial charge >= 0.3 is 6.03 Å². The molecule has 3 heterocycles. The predicted octanol–water partition coefficient (Wildman–Crippen LogP) is 3.93. The first-order valence-electron chi connectivity index (χ1n) is 9.68. The van der Waals surface area contributed by atoms with E-state index in [0.29, 0.717) is 17.9 Å². The van der Waals surface area contributed by atoms with Crippen LogP contribution < -0.4 is 10.2 Å². The SMILES string of the molecule is CN(c1ncnc2c1ccn2SI)C1C[C@@H]2CN(C(=O)NC(C)(C)C)C[C@@H]2C1. The molecule has 1 unspecified atom stereocenters. The summed E-state index contributed by atoms with van der Waals surface area (Å²) in [6.07, 6.45) is 5.91. The molecule has 28 heavy (non-hydrogen) atoms. The molecule has 1 saturated heterocycles. The van der Waals surface area contributed by atoms with Gasteiger partial charge in [0.1, 0.15) is 12.1 Å². The zero-order chi connectivity index (χ0) is 20.1. The summed E-state index contributed by atoms with van der Waals surface area (Å²) in [6.45, 7) is 7.80. The molecule has 2 aromatic rings. The van der Waals surface area contributed by atoms with Gasteiger partial charge in [-0.25, -0.2) is 14.8 Å². The van der Waals surface area contributed by atoms with Crippen molar-refractivity contribution in [2.75, 3.05) is 25.0 Å². The molecule has 2 amide bonds. The lowest BCUT2D eigenvalue weighted by atomic mass is 10.0. The van der Waals surface area contributed by atoms with Crippen LogP contribution >= 0.6 is 30.3 Å². The summed E-state index contributed by atoms with van der Waals surface area (Å²) in [6, 6.07) is 2.62. The van der Waals surface area contributed by atoms with Crippen LogP contribution in [0.2, 0.25) is 0 Å². The van der Waals surface area contributed by atoms with Crippen LogP contribution in [0.25, 0.3) is 11.0 Å². The minimum Gasteiger partial charge on any atom is -0.356 e. The quantitative estimate of drug-likeness (QED) is 0.629. The number of nitrogens with zero attached hydrogens (tertiary/aromatic N) is 5. The maximum atomic E-state index is 12.5. The Hall–Kier alpha value is -1.23. The highest BCUT2D eigenvalue weighted by Gasteiger charge is 2.44. The molecule has 3 atom stereocenters. The number of halogens is 1. The van der Waals surface area contributed by atoms with Gasteiger partial charge in [-0.05, 0) is 51.5 Å². The van der Waals surface area contributed by atoms with Crippen molar-refractivity contribution in [2.24, 2.45) is 11.8 Å². The van der Waals surface area contributed by atoms with E-state index < -0.39 is 0 Å². The molecule has 2 aliphatic rings. The molecule has 7 nitrogen and oxygen atoms in total. The van der Waals surface area contributed by atoms with Crippen molar-refractivity contribution in [2.45, 2.75) is 45.2 Å². The molecule has 4 rings (SSSR count). The number of anilines is 1. The van der Waals surface area contributed by atoms with Crippen molar-refractivity contribution in [3.63, 3.8) is 0 Å². The number of carbonyl (C=O) groups is 1. The third kappa shape index (κ3) is 3.79. The fourth-order valence-corrected chi connectivity index (χ4v) is 5.85. The molecular weight excluding hydrogens is 487 g/mol. The summed E-state index contributed by atoms with van der Waals surface area (Å²) in [5, 5.41) is 4.19. The molecule has 2 fully saturated rings. The fourth-order valence-electron chi connectivity index (χ4n) is 4.57. The minimum absolute atomic E-state index is 0.0713. The Morgan fingerprint density at radius 1 is 1.29 bits per heavy atom. The highest BCUT2D eigenvalue weighted by atomic mass is 127. The highest BCUT2D eigenvalue weighted by molar-refractivity contribution is 14.2. The number of rotatable bonds is 3. The lowest BCUT2D eigenvalue weighted by Gasteiger charge is -2.29. The van der Waals surface area contributed by atoms with Gasteiger partial charge in [0.15, 0.2) is 5.65 Å². The third-order valence-electron chi connectivity index (χ3n) is 5.88. The number of urea groups is 1. The molecule has 2 aromatic heterocycles. The first-order chi connectivity index (χ1) is 13.3. The normalized spacial score (nSPS) is 24.6. The van der Waals surface area contributed by atoms with Crippen LogP contribution in [0, 0.1) is 11.8 Å². The monoisotopic (exact) mass is 514 g/mol. The molecule has 1 aliphatic heterocycles. The number of nitrogens with one attached hydrogen (secondary N) is 1. The van der Waals surface area contributed by atoms with E-state index in [0.717, 1.165) is 42.8 Å². The van der Waals surface area contributed by atoms with Gasteiger partial charge in [0.2, 0.25) is 0 Å². The van der Waals surface area contributed by atoms with Crippen LogP contribution in [0.1, 0.15) is 33.6 Å². The lowest BCUT2D eigenvalue weighted by molar-refractivity contribution is 0.195. The molecule has 0 bridgehead atoms. The molecule has 152 valence electrons. The Balaban J connectivity index is 1.44. The van der Waals surface area contributed by atoms with Crippen LogP contribution in [-0.2, 0) is 0 Å². The molecular formula is C19H27IN6OS. The van der Waals surface area contributed by atoms with Crippen molar-refractivity contribution in [3.05, 3.63) is 18.6 Å². The second-order valence-electron chi connectivity index (χ2n) is 8.99. The number of carbonyl (C=O) groups excluding carboxylic acids is 1. The number of aromatic nitrogens is 3. The van der Waals surface area contributed by atoms with Gasteiger partial charge in [-0.3, -0.25) is 3.97 Å². The van der Waals surface area contributed by atoms with Crippen molar-refractivity contribution in [1.82, 2.24) is 24.2 Å². The lowest BCUT2D eigenvalue weighted by Crippen LogP contribution is -2.48. The van der Waals surface area contributed by atoms with E-state index in [2.05, 4.69) is 58.5 Å². The number of hydrogen-bond acceptors (Lipinski definition) is 5. The first kappa shape index (κ1) is 20.1. The van der Waals surface area contributed by atoms with Gasteiger partial charge < -0.3 is 15.1 Å². The molecule has 0 spiro atoms. The molecule has 1 aliphatic carbocycles. The first-order valence-corrected chi connectivity index (χ1v) is 13.0. The van der Waals surface area contributed by atoms with Gasteiger partial charge in [-0.2, -0.15) is 0 Å². The Kier molecular flexibility index (Phi) is 5.41. The fraction of sp³-hybridized carbons (Fsp3) is 0.632. The van der Waals surface area contributed by atoms with E-state index in [-0.39, 0.29) is 11.6 Å². The van der Waals surface area contributed by atoms with Crippen LogP contribution in [0.15, 0.2) is 18.6 Å². The van der Waals surface area contributed by atoms with Crippen LogP contribution in [-0.4, -0.2) is 56.6 Å². The largest absolute Gasteiger partial charge is 0.356 e. The van der Waals surface area contributed by atoms with Gasteiger partial charge in [-0.1, -0.05) is 0 Å². The second kappa shape index (κ2) is 7.55. The Morgan fingerprint density at radius 2 is 1.96 bits per heavy atom. The number of hydrogen-bond donors (Lipinski definition) is 1. The molecule has 0 aromatic carbocycles. The van der Waals surface area contributed by atoms with Gasteiger partial charge in [0.25, 0.3) is 0 Å². The Bertz CT molecular complexity index is 867. The molecule has 1 saturated carbocycles. The van der Waals surface area contributed by atoms with Crippen molar-refractivity contribution in [3.8, 4) is 0 Å².